The molecule has 3 aromatic rings. The second-order valence-corrected chi connectivity index (χ2v) is 6.71. The van der Waals surface area contributed by atoms with E-state index < -0.39 is 11.7 Å². The van der Waals surface area contributed by atoms with Gasteiger partial charge in [0.2, 0.25) is 5.78 Å². The van der Waals surface area contributed by atoms with E-state index in [4.69, 9.17) is 17.3 Å². The number of hydrogen-bond acceptors (Lipinski definition) is 5. The van der Waals surface area contributed by atoms with Crippen LogP contribution in [0.5, 0.6) is 0 Å². The molecule has 0 bridgehead atoms. The van der Waals surface area contributed by atoms with Gasteiger partial charge in [0.15, 0.2) is 5.13 Å². The van der Waals surface area contributed by atoms with Crippen molar-refractivity contribution in [2.45, 2.75) is 6.18 Å². The van der Waals surface area contributed by atoms with Gasteiger partial charge in [-0.3, -0.25) is 4.79 Å². The molecule has 0 amide bonds. The summed E-state index contributed by atoms with van der Waals surface area (Å²) in [5, 5.41) is 3.56. The average Bonchev–Trinajstić information content (AvgIpc) is 2.94. The summed E-state index contributed by atoms with van der Waals surface area (Å²) in [4.78, 5) is 16.8. The fourth-order valence-electron chi connectivity index (χ4n) is 2.17. The summed E-state index contributed by atoms with van der Waals surface area (Å²) in [6.45, 7) is 0. The predicted octanol–water partition coefficient (Wildman–Crippen LogP) is 5.37. The van der Waals surface area contributed by atoms with Gasteiger partial charge in [-0.05, 0) is 36.4 Å². The lowest BCUT2D eigenvalue weighted by molar-refractivity contribution is -0.137. The fraction of sp³-hybridized carbons (Fsp3) is 0.0588. The van der Waals surface area contributed by atoms with Crippen molar-refractivity contribution in [2.24, 2.45) is 0 Å². The Morgan fingerprint density at radius 1 is 1.15 bits per heavy atom. The highest BCUT2D eigenvalue weighted by atomic mass is 35.5. The minimum absolute atomic E-state index is 0.0365. The van der Waals surface area contributed by atoms with Crippen LogP contribution in [0.1, 0.15) is 20.8 Å². The Morgan fingerprint density at radius 2 is 1.85 bits per heavy atom. The largest absolute Gasteiger partial charge is 0.416 e. The van der Waals surface area contributed by atoms with Crippen molar-refractivity contribution in [1.82, 2.24) is 4.98 Å². The number of halogens is 4. The van der Waals surface area contributed by atoms with E-state index in [0.29, 0.717) is 21.4 Å². The van der Waals surface area contributed by atoms with E-state index in [9.17, 15) is 18.0 Å². The number of hydrogen-bond donors (Lipinski definition) is 2. The van der Waals surface area contributed by atoms with Gasteiger partial charge < -0.3 is 11.1 Å². The molecule has 9 heteroatoms. The van der Waals surface area contributed by atoms with Crippen molar-refractivity contribution >= 4 is 45.4 Å². The third-order valence-corrected chi connectivity index (χ3v) is 4.63. The Kier molecular flexibility index (Phi) is 4.88. The maximum absolute atomic E-state index is 12.6. The van der Waals surface area contributed by atoms with E-state index in [2.05, 4.69) is 10.3 Å². The Labute approximate surface area is 155 Å². The Hall–Kier alpha value is -2.58. The first-order chi connectivity index (χ1) is 12.2. The quantitative estimate of drug-likeness (QED) is 0.580. The molecule has 0 aliphatic carbocycles. The lowest BCUT2D eigenvalue weighted by atomic mass is 10.1. The first-order valence-corrected chi connectivity index (χ1v) is 8.44. The molecule has 3 N–H and O–H groups in total. The van der Waals surface area contributed by atoms with Crippen molar-refractivity contribution in [3.63, 3.8) is 0 Å². The number of anilines is 3. The third kappa shape index (κ3) is 3.97. The molecular formula is C17H11ClF3N3OS. The van der Waals surface area contributed by atoms with E-state index in [1.165, 1.54) is 18.2 Å². The number of aromatic nitrogens is 1. The van der Waals surface area contributed by atoms with E-state index in [-0.39, 0.29) is 16.5 Å². The van der Waals surface area contributed by atoms with E-state index in [0.717, 1.165) is 23.5 Å². The molecule has 4 nitrogen and oxygen atoms in total. The van der Waals surface area contributed by atoms with Crippen LogP contribution in [0.3, 0.4) is 0 Å². The summed E-state index contributed by atoms with van der Waals surface area (Å²) in [6, 6.07) is 10.9. The molecule has 0 unspecified atom stereocenters. The van der Waals surface area contributed by atoms with Crippen molar-refractivity contribution in [2.75, 3.05) is 11.1 Å². The number of nitrogens with two attached hydrogens (primary N) is 1. The van der Waals surface area contributed by atoms with Crippen LogP contribution in [-0.4, -0.2) is 10.8 Å². The minimum Gasteiger partial charge on any atom is -0.382 e. The van der Waals surface area contributed by atoms with Gasteiger partial charge in [0.25, 0.3) is 0 Å². The number of benzene rings is 2. The zero-order valence-electron chi connectivity index (χ0n) is 13.0. The molecule has 1 aromatic heterocycles. The molecule has 0 spiro atoms. The van der Waals surface area contributed by atoms with E-state index >= 15 is 0 Å². The summed E-state index contributed by atoms with van der Waals surface area (Å²) in [6.07, 6.45) is -4.40. The maximum atomic E-state index is 12.6. The Balaban J connectivity index is 1.81. The molecule has 0 aliphatic heterocycles. The van der Waals surface area contributed by atoms with Crippen molar-refractivity contribution in [3.05, 3.63) is 69.6 Å². The smallest absolute Gasteiger partial charge is 0.382 e. The molecule has 0 saturated heterocycles. The number of nitrogens with zero attached hydrogens (tertiary/aromatic N) is 1. The molecule has 0 radical (unpaired) electrons. The fourth-order valence-corrected chi connectivity index (χ4v) is 3.23. The van der Waals surface area contributed by atoms with E-state index in [1.54, 1.807) is 18.2 Å². The minimum atomic E-state index is -4.40. The molecule has 0 saturated carbocycles. The SMILES string of the molecule is Nc1nc(Nc2ccc(C(F)(F)F)cc2)sc1C(=O)c1cccc(Cl)c1. The van der Waals surface area contributed by atoms with E-state index in [1.807, 2.05) is 0 Å². The Bertz CT molecular complexity index is 955. The second-order valence-electron chi connectivity index (χ2n) is 5.27. The van der Waals surface area contributed by atoms with Crippen LogP contribution >= 0.6 is 22.9 Å². The van der Waals surface area contributed by atoms with Crippen LogP contribution in [0, 0.1) is 0 Å². The second kappa shape index (κ2) is 6.97. The van der Waals surface area contributed by atoms with Crippen LogP contribution < -0.4 is 11.1 Å². The first-order valence-electron chi connectivity index (χ1n) is 7.25. The zero-order chi connectivity index (χ0) is 18.9. The topological polar surface area (TPSA) is 68.0 Å². The standard InChI is InChI=1S/C17H11ClF3N3OS/c18-11-3-1-2-9(8-11)13(25)14-15(22)24-16(26-14)23-12-6-4-10(5-7-12)17(19,20)21/h1-8H,22H2,(H,23,24). The lowest BCUT2D eigenvalue weighted by Gasteiger charge is -2.07. The number of carbonyl (C=O) groups excluding carboxylic acids is 1. The molecule has 3 rings (SSSR count). The van der Waals surface area contributed by atoms with Crippen LogP contribution in [0.4, 0.5) is 29.8 Å². The van der Waals surface area contributed by atoms with Gasteiger partial charge in [0.05, 0.1) is 5.56 Å². The molecule has 0 fully saturated rings. The van der Waals surface area contributed by atoms with Crippen LogP contribution in [0.15, 0.2) is 48.5 Å². The number of nitrogen functional groups attached to an aromatic ring is 1. The number of rotatable bonds is 4. The molecule has 26 heavy (non-hydrogen) atoms. The third-order valence-electron chi connectivity index (χ3n) is 3.41. The number of nitrogens with one attached hydrogen (secondary N) is 1. The number of thiazole rings is 1. The highest BCUT2D eigenvalue weighted by Gasteiger charge is 2.30. The summed E-state index contributed by atoms with van der Waals surface area (Å²) < 4.78 is 37.8. The molecule has 134 valence electrons. The van der Waals surface area contributed by atoms with Gasteiger partial charge in [0.1, 0.15) is 10.7 Å². The summed E-state index contributed by atoms with van der Waals surface area (Å²) >= 11 is 6.90. The van der Waals surface area contributed by atoms with Gasteiger partial charge in [-0.2, -0.15) is 13.2 Å². The summed E-state index contributed by atoms with van der Waals surface area (Å²) in [5.41, 5.74) is 5.82. The number of carbonyl (C=O) groups is 1. The number of ketones is 1. The van der Waals surface area contributed by atoms with Gasteiger partial charge in [-0.25, -0.2) is 4.98 Å². The van der Waals surface area contributed by atoms with Gasteiger partial charge in [0, 0.05) is 16.3 Å². The van der Waals surface area contributed by atoms with Gasteiger partial charge >= 0.3 is 6.18 Å². The molecule has 2 aromatic carbocycles. The highest BCUT2D eigenvalue weighted by molar-refractivity contribution is 7.18. The van der Waals surface area contributed by atoms with Crippen LogP contribution in [-0.2, 0) is 6.18 Å². The average molecular weight is 398 g/mol. The van der Waals surface area contributed by atoms with Crippen LogP contribution in [0.25, 0.3) is 0 Å². The summed E-state index contributed by atoms with van der Waals surface area (Å²) in [7, 11) is 0. The molecule has 0 atom stereocenters. The molecule has 0 aliphatic rings. The monoisotopic (exact) mass is 397 g/mol. The predicted molar refractivity (Wildman–Crippen MR) is 96.1 cm³/mol. The normalized spacial score (nSPS) is 11.4. The maximum Gasteiger partial charge on any atom is 0.416 e. The van der Waals surface area contributed by atoms with Gasteiger partial charge in [-0.1, -0.05) is 35.1 Å². The number of alkyl halides is 3. The van der Waals surface area contributed by atoms with Crippen molar-refractivity contribution in [3.8, 4) is 0 Å². The summed E-state index contributed by atoms with van der Waals surface area (Å²) in [5.74, 6) is -0.294. The van der Waals surface area contributed by atoms with Crippen molar-refractivity contribution in [1.29, 1.82) is 0 Å². The van der Waals surface area contributed by atoms with Gasteiger partial charge in [-0.15, -0.1) is 0 Å². The molecular weight excluding hydrogens is 387 g/mol. The highest BCUT2D eigenvalue weighted by Crippen LogP contribution is 2.32. The zero-order valence-corrected chi connectivity index (χ0v) is 14.5. The first kappa shape index (κ1) is 18.2. The van der Waals surface area contributed by atoms with Crippen LogP contribution in [0.2, 0.25) is 5.02 Å². The lowest BCUT2D eigenvalue weighted by Crippen LogP contribution is -2.04. The Morgan fingerprint density at radius 3 is 2.46 bits per heavy atom. The van der Waals surface area contributed by atoms with Crippen molar-refractivity contribution < 1.29 is 18.0 Å². The molecule has 1 heterocycles.